The van der Waals surface area contributed by atoms with Gasteiger partial charge in [-0.15, -0.1) is 0 Å². The molecule has 0 aliphatic carbocycles. The molecule has 58 heavy (non-hydrogen) atoms. The Morgan fingerprint density at radius 1 is 0.379 bits per heavy atom. The molecule has 6 heteroatoms. The highest BCUT2D eigenvalue weighted by Crippen LogP contribution is 2.13. The van der Waals surface area contributed by atoms with Crippen LogP contribution in [-0.4, -0.2) is 37.2 Å². The largest absolute Gasteiger partial charge is 0.462 e. The Labute approximate surface area is 356 Å². The average molecular weight is 805 g/mol. The van der Waals surface area contributed by atoms with Gasteiger partial charge in [0.05, 0.1) is 0 Å². The first-order valence-corrected chi connectivity index (χ1v) is 23.3. The van der Waals surface area contributed by atoms with Crippen LogP contribution in [-0.2, 0) is 28.6 Å². The number of carbonyl (C=O) groups excluding carboxylic acids is 3. The second-order valence-electron chi connectivity index (χ2n) is 15.1. The van der Waals surface area contributed by atoms with Crippen molar-refractivity contribution in [2.75, 3.05) is 13.2 Å². The maximum absolute atomic E-state index is 12.7. The first-order chi connectivity index (χ1) is 28.5. The Balaban J connectivity index is 4.47. The zero-order valence-electron chi connectivity index (χ0n) is 37.3. The molecule has 0 saturated carbocycles. The van der Waals surface area contributed by atoms with Crippen LogP contribution in [0.15, 0.2) is 97.2 Å². The quantitative estimate of drug-likeness (QED) is 0.0202. The lowest BCUT2D eigenvalue weighted by molar-refractivity contribution is -0.167. The fraction of sp³-hybridized carbons (Fsp3) is 0.635. The molecule has 0 amide bonds. The highest BCUT2D eigenvalue weighted by Gasteiger charge is 2.19. The van der Waals surface area contributed by atoms with E-state index >= 15 is 0 Å². The number of hydrogen-bond acceptors (Lipinski definition) is 6. The summed E-state index contributed by atoms with van der Waals surface area (Å²) in [5.74, 6) is -0.978. The first-order valence-electron chi connectivity index (χ1n) is 23.3. The van der Waals surface area contributed by atoms with Gasteiger partial charge >= 0.3 is 17.9 Å². The number of rotatable bonds is 40. The van der Waals surface area contributed by atoms with Crippen molar-refractivity contribution in [3.8, 4) is 0 Å². The third-order valence-electron chi connectivity index (χ3n) is 9.43. The van der Waals surface area contributed by atoms with Crippen LogP contribution in [0.25, 0.3) is 0 Å². The van der Waals surface area contributed by atoms with Gasteiger partial charge in [0, 0.05) is 19.3 Å². The molecule has 0 aromatic carbocycles. The zero-order valence-corrected chi connectivity index (χ0v) is 37.3. The van der Waals surface area contributed by atoms with Crippen LogP contribution in [0.3, 0.4) is 0 Å². The number of allylic oxidation sites excluding steroid dienone is 16. The third kappa shape index (κ3) is 43.5. The molecule has 0 saturated heterocycles. The van der Waals surface area contributed by atoms with Crippen molar-refractivity contribution in [3.05, 3.63) is 97.2 Å². The van der Waals surface area contributed by atoms with Gasteiger partial charge in [-0.05, 0) is 70.6 Å². The van der Waals surface area contributed by atoms with Crippen LogP contribution in [0.4, 0.5) is 0 Å². The maximum atomic E-state index is 12.7. The SMILES string of the molecule is CC/C=C\C/C=C\C/C=C\CCCCC(=O)OC(COC(=O)CCCCCCC\C=C/C=C\C=C/C=C\C=C/CCC)COC(=O)CCCCCCCCCCCC. The molecule has 0 aromatic rings. The van der Waals surface area contributed by atoms with E-state index in [0.717, 1.165) is 96.3 Å². The summed E-state index contributed by atoms with van der Waals surface area (Å²) in [6.45, 7) is 6.34. The fourth-order valence-electron chi connectivity index (χ4n) is 5.95. The lowest BCUT2D eigenvalue weighted by Gasteiger charge is -2.18. The molecule has 0 heterocycles. The molecule has 0 spiro atoms. The summed E-state index contributed by atoms with van der Waals surface area (Å²) in [6, 6.07) is 0. The lowest BCUT2D eigenvalue weighted by atomic mass is 10.1. The summed E-state index contributed by atoms with van der Waals surface area (Å²) >= 11 is 0. The molecule has 0 rings (SSSR count). The van der Waals surface area contributed by atoms with E-state index in [0.29, 0.717) is 19.3 Å². The van der Waals surface area contributed by atoms with E-state index < -0.39 is 6.10 Å². The fourth-order valence-corrected chi connectivity index (χ4v) is 5.95. The highest BCUT2D eigenvalue weighted by molar-refractivity contribution is 5.71. The minimum absolute atomic E-state index is 0.102. The Kier molecular flexibility index (Phi) is 43.1. The monoisotopic (exact) mass is 805 g/mol. The molecule has 0 radical (unpaired) electrons. The molecule has 0 fully saturated rings. The Morgan fingerprint density at radius 2 is 0.776 bits per heavy atom. The van der Waals surface area contributed by atoms with E-state index in [2.05, 4.69) is 81.5 Å². The average Bonchev–Trinajstić information content (AvgIpc) is 3.22. The molecule has 0 N–H and O–H groups in total. The van der Waals surface area contributed by atoms with Gasteiger partial charge in [-0.2, -0.15) is 0 Å². The summed E-state index contributed by atoms with van der Waals surface area (Å²) in [6.07, 6.45) is 59.6. The van der Waals surface area contributed by atoms with Crippen LogP contribution >= 0.6 is 0 Å². The molecular formula is C52H84O6. The number of hydrogen-bond donors (Lipinski definition) is 0. The summed E-state index contributed by atoms with van der Waals surface area (Å²) in [4.78, 5) is 37.7. The first kappa shape index (κ1) is 54.3. The van der Waals surface area contributed by atoms with Crippen molar-refractivity contribution < 1.29 is 28.6 Å². The molecule has 0 bridgehead atoms. The third-order valence-corrected chi connectivity index (χ3v) is 9.43. The minimum atomic E-state index is -0.805. The molecule has 328 valence electrons. The van der Waals surface area contributed by atoms with E-state index in [1.165, 1.54) is 51.4 Å². The van der Waals surface area contributed by atoms with Gasteiger partial charge in [0.25, 0.3) is 0 Å². The molecule has 1 unspecified atom stereocenters. The van der Waals surface area contributed by atoms with Crippen LogP contribution in [0.1, 0.15) is 194 Å². The number of unbranched alkanes of at least 4 members (excludes halogenated alkanes) is 17. The van der Waals surface area contributed by atoms with Crippen molar-refractivity contribution in [1.29, 1.82) is 0 Å². The van der Waals surface area contributed by atoms with Gasteiger partial charge in [0.2, 0.25) is 0 Å². The Morgan fingerprint density at radius 3 is 1.31 bits per heavy atom. The number of carbonyl (C=O) groups is 3. The van der Waals surface area contributed by atoms with Crippen LogP contribution < -0.4 is 0 Å². The highest BCUT2D eigenvalue weighted by atomic mass is 16.6. The molecule has 0 aliphatic heterocycles. The van der Waals surface area contributed by atoms with Crippen LogP contribution in [0.2, 0.25) is 0 Å². The normalized spacial score (nSPS) is 12.9. The Hall–Kier alpha value is -3.67. The van der Waals surface area contributed by atoms with E-state index in [1.807, 2.05) is 36.5 Å². The lowest BCUT2D eigenvalue weighted by Crippen LogP contribution is -2.30. The number of esters is 3. The van der Waals surface area contributed by atoms with Crippen molar-refractivity contribution in [1.82, 2.24) is 0 Å². The predicted molar refractivity (Wildman–Crippen MR) is 247 cm³/mol. The van der Waals surface area contributed by atoms with Crippen molar-refractivity contribution >= 4 is 17.9 Å². The van der Waals surface area contributed by atoms with E-state index in [9.17, 15) is 14.4 Å². The van der Waals surface area contributed by atoms with Gasteiger partial charge in [0.1, 0.15) is 13.2 Å². The summed E-state index contributed by atoms with van der Waals surface area (Å²) in [5, 5.41) is 0. The van der Waals surface area contributed by atoms with Gasteiger partial charge < -0.3 is 14.2 Å². The Bertz CT molecular complexity index is 1200. The van der Waals surface area contributed by atoms with E-state index in [-0.39, 0.29) is 37.5 Å². The van der Waals surface area contributed by atoms with Crippen LogP contribution in [0.5, 0.6) is 0 Å². The van der Waals surface area contributed by atoms with Crippen molar-refractivity contribution in [2.45, 2.75) is 200 Å². The molecular weight excluding hydrogens is 721 g/mol. The van der Waals surface area contributed by atoms with E-state index in [1.54, 1.807) is 0 Å². The van der Waals surface area contributed by atoms with Crippen molar-refractivity contribution in [3.63, 3.8) is 0 Å². The minimum Gasteiger partial charge on any atom is -0.462 e. The van der Waals surface area contributed by atoms with Gasteiger partial charge in [-0.1, -0.05) is 201 Å². The van der Waals surface area contributed by atoms with Gasteiger partial charge in [-0.25, -0.2) is 0 Å². The molecule has 0 aliphatic rings. The number of ether oxygens (including phenoxy) is 3. The second-order valence-corrected chi connectivity index (χ2v) is 15.1. The van der Waals surface area contributed by atoms with Gasteiger partial charge in [0.15, 0.2) is 6.10 Å². The molecule has 1 atom stereocenters. The summed E-state index contributed by atoms with van der Waals surface area (Å²) < 4.78 is 16.7. The smallest absolute Gasteiger partial charge is 0.306 e. The van der Waals surface area contributed by atoms with Gasteiger partial charge in [-0.3, -0.25) is 14.4 Å². The maximum Gasteiger partial charge on any atom is 0.306 e. The topological polar surface area (TPSA) is 78.9 Å². The summed E-state index contributed by atoms with van der Waals surface area (Å²) in [5.41, 5.74) is 0. The van der Waals surface area contributed by atoms with E-state index in [4.69, 9.17) is 14.2 Å². The zero-order chi connectivity index (χ0) is 42.3. The summed E-state index contributed by atoms with van der Waals surface area (Å²) in [7, 11) is 0. The van der Waals surface area contributed by atoms with Crippen LogP contribution in [0, 0.1) is 0 Å². The standard InChI is InChI=1S/C52H84O6/c1-4-7-10-13-16-19-22-24-25-26-27-28-29-31-33-36-39-42-45-51(54)57-48-49(47-56-50(53)44-41-38-35-32-21-18-15-12-9-6-3)58-52(55)46-43-40-37-34-30-23-20-17-14-11-8-5-2/h8,10-11,13,16-17,19-20,22,24-28,30,34,49H,4-7,9,12,14-15,18,21,23,29,31-33,35-48H2,1-3H3/b11-8-,13-10-,19-16-,20-17-,24-22-,26-25-,28-27-,34-30-. The molecule has 0 aromatic heterocycles. The second kappa shape index (κ2) is 46.0. The predicted octanol–water partition coefficient (Wildman–Crippen LogP) is 15.0. The van der Waals surface area contributed by atoms with Crippen molar-refractivity contribution in [2.24, 2.45) is 0 Å². The molecule has 6 nitrogen and oxygen atoms in total.